The number of para-hydroxylation sites is 1. The Morgan fingerprint density at radius 3 is 1.76 bits per heavy atom. The van der Waals surface area contributed by atoms with Crippen molar-refractivity contribution in [3.63, 3.8) is 0 Å². The van der Waals surface area contributed by atoms with Crippen molar-refractivity contribution in [3.8, 4) is 16.8 Å². The van der Waals surface area contributed by atoms with Crippen LogP contribution in [0, 0.1) is 0 Å². The van der Waals surface area contributed by atoms with E-state index in [0.29, 0.717) is 0 Å². The molecule has 0 bridgehead atoms. The van der Waals surface area contributed by atoms with Crippen molar-refractivity contribution in [2.75, 3.05) is 4.90 Å². The summed E-state index contributed by atoms with van der Waals surface area (Å²) in [5, 5.41) is 9.94. The number of rotatable bonds is 5. The van der Waals surface area contributed by atoms with Gasteiger partial charge in [-0.1, -0.05) is 146 Å². The number of aromatic nitrogens is 1. The minimum absolute atomic E-state index is 1.11. The van der Waals surface area contributed by atoms with E-state index in [1.807, 2.05) is 0 Å². The second-order valence-electron chi connectivity index (χ2n) is 13.0. The molecule has 1 aromatic heterocycles. The van der Waals surface area contributed by atoms with Crippen LogP contribution in [-0.2, 0) is 0 Å². The summed E-state index contributed by atoms with van der Waals surface area (Å²) in [5.41, 5.74) is 9.38. The average Bonchev–Trinajstić information content (AvgIpc) is 3.53. The first kappa shape index (κ1) is 28.4. The monoisotopic (exact) mass is 636 g/mol. The van der Waals surface area contributed by atoms with Gasteiger partial charge in [0, 0.05) is 32.9 Å². The summed E-state index contributed by atoms with van der Waals surface area (Å²) in [7, 11) is 0. The number of anilines is 3. The fraction of sp³-hybridized carbons (Fsp3) is 0. The minimum atomic E-state index is 1.11. The molecular weight excluding hydrogens is 605 g/mol. The summed E-state index contributed by atoms with van der Waals surface area (Å²) in [6.07, 6.45) is 0. The van der Waals surface area contributed by atoms with Crippen LogP contribution in [0.1, 0.15) is 0 Å². The van der Waals surface area contributed by atoms with Gasteiger partial charge in [0.1, 0.15) is 0 Å². The number of hydrogen-bond donors (Lipinski definition) is 0. The van der Waals surface area contributed by atoms with Gasteiger partial charge in [0.2, 0.25) is 0 Å². The van der Waals surface area contributed by atoms with Crippen LogP contribution in [0.2, 0.25) is 0 Å². The van der Waals surface area contributed by atoms with Gasteiger partial charge in [0.25, 0.3) is 0 Å². The molecule has 0 amide bonds. The molecule has 9 aromatic carbocycles. The molecule has 0 aliphatic heterocycles. The fourth-order valence-electron chi connectivity index (χ4n) is 7.83. The van der Waals surface area contributed by atoms with Crippen molar-refractivity contribution in [1.29, 1.82) is 0 Å². The zero-order chi connectivity index (χ0) is 33.0. The first-order valence-corrected chi connectivity index (χ1v) is 17.2. The molecule has 1 heterocycles. The maximum atomic E-state index is 2.46. The van der Waals surface area contributed by atoms with Gasteiger partial charge in [0.05, 0.1) is 22.4 Å². The molecule has 0 aliphatic rings. The van der Waals surface area contributed by atoms with E-state index in [1.165, 1.54) is 70.9 Å². The summed E-state index contributed by atoms with van der Waals surface area (Å²) in [6, 6.07) is 70.5. The SMILES string of the molecule is c1ccc(-c2ccc(N(c3ccc4ccccc4c3)c3ccc(-n4c5ccccc5c5c6ccccc6ccc54)c4ccccc34)cc2)cc1. The van der Waals surface area contributed by atoms with E-state index in [-0.39, 0.29) is 0 Å². The van der Waals surface area contributed by atoms with Crippen molar-refractivity contribution in [2.24, 2.45) is 0 Å². The third-order valence-corrected chi connectivity index (χ3v) is 10.1. The summed E-state index contributed by atoms with van der Waals surface area (Å²) in [6.45, 7) is 0. The highest BCUT2D eigenvalue weighted by Crippen LogP contribution is 2.44. The molecule has 0 atom stereocenters. The largest absolute Gasteiger partial charge is 0.310 e. The summed E-state index contributed by atoms with van der Waals surface area (Å²) >= 11 is 0. The highest BCUT2D eigenvalue weighted by Gasteiger charge is 2.20. The molecule has 0 spiro atoms. The lowest BCUT2D eigenvalue weighted by molar-refractivity contribution is 1.19. The normalized spacial score (nSPS) is 11.6. The molecule has 234 valence electrons. The van der Waals surface area contributed by atoms with Gasteiger partial charge in [0.15, 0.2) is 0 Å². The Morgan fingerprint density at radius 2 is 0.940 bits per heavy atom. The van der Waals surface area contributed by atoms with Crippen LogP contribution in [0.4, 0.5) is 17.1 Å². The molecule has 0 radical (unpaired) electrons. The quantitative estimate of drug-likeness (QED) is 0.182. The minimum Gasteiger partial charge on any atom is -0.310 e. The second kappa shape index (κ2) is 11.5. The standard InChI is InChI=1S/C48H32N2/c1-2-12-33(13-3-1)35-22-26-38(27-23-35)49(39-28-24-34-14-4-5-16-37(34)32-39)45-30-31-46(42-19-9-8-18-41(42)45)50-44-21-11-10-20-43(44)48-40-17-7-6-15-36(40)25-29-47(48)50/h1-32H. The second-order valence-corrected chi connectivity index (χ2v) is 13.0. The summed E-state index contributed by atoms with van der Waals surface area (Å²) < 4.78 is 2.46. The van der Waals surface area contributed by atoms with Crippen LogP contribution in [0.3, 0.4) is 0 Å². The number of hydrogen-bond acceptors (Lipinski definition) is 1. The lowest BCUT2D eigenvalue weighted by atomic mass is 10.0. The van der Waals surface area contributed by atoms with E-state index >= 15 is 0 Å². The molecule has 0 saturated carbocycles. The van der Waals surface area contributed by atoms with Crippen molar-refractivity contribution < 1.29 is 0 Å². The Balaban J connectivity index is 1.22. The lowest BCUT2D eigenvalue weighted by Gasteiger charge is -2.28. The molecule has 2 heteroatoms. The maximum absolute atomic E-state index is 2.46. The molecule has 2 nitrogen and oxygen atoms in total. The molecule has 0 saturated heterocycles. The van der Waals surface area contributed by atoms with Gasteiger partial charge in [-0.15, -0.1) is 0 Å². The van der Waals surface area contributed by atoms with Crippen LogP contribution in [0.25, 0.3) is 70.9 Å². The Bertz CT molecular complexity index is 2860. The van der Waals surface area contributed by atoms with E-state index in [9.17, 15) is 0 Å². The van der Waals surface area contributed by atoms with Crippen LogP contribution < -0.4 is 4.90 Å². The smallest absolute Gasteiger partial charge is 0.0547 e. The average molecular weight is 637 g/mol. The van der Waals surface area contributed by atoms with Gasteiger partial charge in [-0.05, 0) is 81.2 Å². The van der Waals surface area contributed by atoms with E-state index in [4.69, 9.17) is 0 Å². The Labute approximate surface area is 290 Å². The summed E-state index contributed by atoms with van der Waals surface area (Å²) in [5.74, 6) is 0. The van der Waals surface area contributed by atoms with Gasteiger partial charge >= 0.3 is 0 Å². The number of benzene rings is 9. The van der Waals surface area contributed by atoms with Crippen LogP contribution in [0.5, 0.6) is 0 Å². The molecule has 0 aliphatic carbocycles. The predicted molar refractivity (Wildman–Crippen MR) is 213 cm³/mol. The Hall–Kier alpha value is -6.64. The first-order chi connectivity index (χ1) is 24.8. The summed E-state index contributed by atoms with van der Waals surface area (Å²) in [4.78, 5) is 2.41. The van der Waals surface area contributed by atoms with Gasteiger partial charge in [-0.2, -0.15) is 0 Å². The van der Waals surface area contributed by atoms with Gasteiger partial charge in [-0.3, -0.25) is 0 Å². The molecule has 10 aromatic rings. The topological polar surface area (TPSA) is 8.17 Å². The van der Waals surface area contributed by atoms with E-state index in [0.717, 1.165) is 17.1 Å². The van der Waals surface area contributed by atoms with Crippen molar-refractivity contribution in [1.82, 2.24) is 4.57 Å². The zero-order valence-electron chi connectivity index (χ0n) is 27.4. The third kappa shape index (κ3) is 4.50. The van der Waals surface area contributed by atoms with Gasteiger partial charge < -0.3 is 9.47 Å². The van der Waals surface area contributed by atoms with Crippen LogP contribution >= 0.6 is 0 Å². The molecule has 50 heavy (non-hydrogen) atoms. The molecule has 0 fully saturated rings. The van der Waals surface area contributed by atoms with Gasteiger partial charge in [-0.25, -0.2) is 0 Å². The third-order valence-electron chi connectivity index (χ3n) is 10.1. The van der Waals surface area contributed by atoms with Crippen molar-refractivity contribution in [2.45, 2.75) is 0 Å². The maximum Gasteiger partial charge on any atom is 0.0547 e. The highest BCUT2D eigenvalue weighted by atomic mass is 15.1. The highest BCUT2D eigenvalue weighted by molar-refractivity contribution is 6.22. The van der Waals surface area contributed by atoms with Crippen molar-refractivity contribution in [3.05, 3.63) is 194 Å². The van der Waals surface area contributed by atoms with Crippen LogP contribution in [-0.4, -0.2) is 4.57 Å². The number of nitrogens with zero attached hydrogens (tertiary/aromatic N) is 2. The van der Waals surface area contributed by atoms with E-state index in [1.54, 1.807) is 0 Å². The Morgan fingerprint density at radius 1 is 0.340 bits per heavy atom. The number of fused-ring (bicyclic) bond motifs is 7. The predicted octanol–water partition coefficient (Wildman–Crippen LogP) is 13.4. The van der Waals surface area contributed by atoms with Crippen molar-refractivity contribution >= 4 is 71.2 Å². The Kier molecular flexibility index (Phi) is 6.53. The molecular formula is C48H32N2. The lowest BCUT2D eigenvalue weighted by Crippen LogP contribution is -2.11. The zero-order valence-corrected chi connectivity index (χ0v) is 27.4. The first-order valence-electron chi connectivity index (χ1n) is 17.2. The molecule has 10 rings (SSSR count). The van der Waals surface area contributed by atoms with E-state index < -0.39 is 0 Å². The molecule has 0 unspecified atom stereocenters. The van der Waals surface area contributed by atoms with E-state index in [2.05, 4.69) is 204 Å². The molecule has 0 N–H and O–H groups in total. The van der Waals surface area contributed by atoms with Crippen LogP contribution in [0.15, 0.2) is 194 Å². The fourth-order valence-corrected chi connectivity index (χ4v) is 7.83.